The third-order valence-corrected chi connectivity index (χ3v) is 3.90. The van der Waals surface area contributed by atoms with Crippen LogP contribution in [0.15, 0.2) is 23.3 Å². The van der Waals surface area contributed by atoms with Gasteiger partial charge in [-0.2, -0.15) is 5.10 Å². The maximum absolute atomic E-state index is 11.8. The molecule has 1 N–H and O–H groups in total. The second kappa shape index (κ2) is 13.3. The summed E-state index contributed by atoms with van der Waals surface area (Å²) in [5.41, 5.74) is 3.42. The normalized spacial score (nSPS) is 10.8. The van der Waals surface area contributed by atoms with Crippen LogP contribution < -0.4 is 14.9 Å². The van der Waals surface area contributed by atoms with Crippen molar-refractivity contribution in [3.05, 3.63) is 23.8 Å². The summed E-state index contributed by atoms with van der Waals surface area (Å²) >= 11 is 0. The van der Waals surface area contributed by atoms with E-state index in [2.05, 4.69) is 17.5 Å². The largest absolute Gasteiger partial charge is 0.493 e. The zero-order valence-corrected chi connectivity index (χ0v) is 15.8. The van der Waals surface area contributed by atoms with Gasteiger partial charge in [0.05, 0.1) is 19.9 Å². The molecule has 0 aromatic heterocycles. The van der Waals surface area contributed by atoms with Gasteiger partial charge in [0, 0.05) is 6.42 Å². The number of amides is 1. The average Bonchev–Trinajstić information content (AvgIpc) is 2.62. The summed E-state index contributed by atoms with van der Waals surface area (Å²) < 4.78 is 10.8. The first-order valence-corrected chi connectivity index (χ1v) is 9.34. The van der Waals surface area contributed by atoms with Crippen molar-refractivity contribution >= 4 is 12.1 Å². The van der Waals surface area contributed by atoms with Gasteiger partial charge in [-0.05, 0) is 37.1 Å². The lowest BCUT2D eigenvalue weighted by molar-refractivity contribution is -0.121. The highest BCUT2D eigenvalue weighted by Crippen LogP contribution is 2.27. The molecule has 25 heavy (non-hydrogen) atoms. The van der Waals surface area contributed by atoms with E-state index in [9.17, 15) is 4.79 Å². The molecule has 0 bridgehead atoms. The summed E-state index contributed by atoms with van der Waals surface area (Å²) in [6.07, 6.45) is 10.5. The summed E-state index contributed by atoms with van der Waals surface area (Å²) in [7, 11) is 1.60. The van der Waals surface area contributed by atoms with Crippen molar-refractivity contribution in [1.29, 1.82) is 0 Å². The molecule has 0 unspecified atom stereocenters. The number of hydrogen-bond donors (Lipinski definition) is 1. The zero-order chi connectivity index (χ0) is 18.3. The van der Waals surface area contributed by atoms with Crippen molar-refractivity contribution in [3.63, 3.8) is 0 Å². The van der Waals surface area contributed by atoms with E-state index in [1.807, 2.05) is 25.1 Å². The van der Waals surface area contributed by atoms with E-state index in [1.54, 1.807) is 13.3 Å². The Hall–Kier alpha value is -2.04. The first kappa shape index (κ1) is 21.0. The number of hydrogen-bond acceptors (Lipinski definition) is 4. The summed E-state index contributed by atoms with van der Waals surface area (Å²) in [5.74, 6) is 1.31. The van der Waals surface area contributed by atoms with Crippen LogP contribution in [0.2, 0.25) is 0 Å². The molecule has 1 aromatic carbocycles. The molecule has 5 heteroatoms. The maximum Gasteiger partial charge on any atom is 0.240 e. The minimum absolute atomic E-state index is 0.0392. The first-order valence-electron chi connectivity index (χ1n) is 9.34. The van der Waals surface area contributed by atoms with Crippen molar-refractivity contribution < 1.29 is 14.3 Å². The van der Waals surface area contributed by atoms with Crippen LogP contribution in [0, 0.1) is 0 Å². The monoisotopic (exact) mass is 348 g/mol. The van der Waals surface area contributed by atoms with E-state index in [0.29, 0.717) is 24.5 Å². The maximum atomic E-state index is 11.8. The number of nitrogens with one attached hydrogen (secondary N) is 1. The van der Waals surface area contributed by atoms with Crippen LogP contribution in [-0.4, -0.2) is 25.8 Å². The van der Waals surface area contributed by atoms with Crippen LogP contribution in [0.25, 0.3) is 0 Å². The fourth-order valence-electron chi connectivity index (χ4n) is 2.52. The van der Waals surface area contributed by atoms with Crippen molar-refractivity contribution in [3.8, 4) is 11.5 Å². The van der Waals surface area contributed by atoms with Crippen LogP contribution in [0.5, 0.6) is 11.5 Å². The number of nitrogens with zero attached hydrogens (tertiary/aromatic N) is 1. The molecule has 1 rings (SSSR count). The quantitative estimate of drug-likeness (QED) is 0.320. The van der Waals surface area contributed by atoms with E-state index in [4.69, 9.17) is 9.47 Å². The molecule has 0 spiro atoms. The van der Waals surface area contributed by atoms with Gasteiger partial charge in [-0.3, -0.25) is 4.79 Å². The molecule has 0 aliphatic rings. The number of rotatable bonds is 13. The molecular weight excluding hydrogens is 316 g/mol. The SMILES string of the molecule is CCCCCCCCCC(=O)N/N=C/c1ccc(OCC)c(OC)c1. The summed E-state index contributed by atoms with van der Waals surface area (Å²) in [6.45, 7) is 4.72. The predicted molar refractivity (Wildman–Crippen MR) is 103 cm³/mol. The van der Waals surface area contributed by atoms with Crippen LogP contribution in [0.3, 0.4) is 0 Å². The number of hydrazone groups is 1. The molecule has 0 radical (unpaired) electrons. The Morgan fingerprint density at radius 1 is 1.08 bits per heavy atom. The van der Waals surface area contributed by atoms with Gasteiger partial charge in [-0.25, -0.2) is 5.43 Å². The van der Waals surface area contributed by atoms with Gasteiger partial charge in [0.2, 0.25) is 5.91 Å². The summed E-state index contributed by atoms with van der Waals surface area (Å²) in [6, 6.07) is 5.54. The number of benzene rings is 1. The van der Waals surface area contributed by atoms with Crippen molar-refractivity contribution in [1.82, 2.24) is 5.43 Å². The van der Waals surface area contributed by atoms with Crippen LogP contribution in [-0.2, 0) is 4.79 Å². The van der Waals surface area contributed by atoms with Gasteiger partial charge in [0.1, 0.15) is 0 Å². The third-order valence-electron chi connectivity index (χ3n) is 3.90. The molecule has 0 saturated heterocycles. The van der Waals surface area contributed by atoms with Gasteiger partial charge in [-0.1, -0.05) is 45.4 Å². The second-order valence-corrected chi connectivity index (χ2v) is 6.01. The van der Waals surface area contributed by atoms with Gasteiger partial charge in [-0.15, -0.1) is 0 Å². The molecule has 1 aromatic rings. The lowest BCUT2D eigenvalue weighted by Gasteiger charge is -2.09. The molecule has 0 saturated carbocycles. The molecule has 0 fully saturated rings. The Balaban J connectivity index is 2.28. The predicted octanol–water partition coefficient (Wildman–Crippen LogP) is 4.68. The Morgan fingerprint density at radius 2 is 1.80 bits per heavy atom. The molecule has 0 aliphatic heterocycles. The van der Waals surface area contributed by atoms with Crippen LogP contribution in [0.1, 0.15) is 70.8 Å². The molecule has 0 heterocycles. The van der Waals surface area contributed by atoms with Gasteiger partial charge < -0.3 is 9.47 Å². The average molecular weight is 348 g/mol. The van der Waals surface area contributed by atoms with E-state index in [-0.39, 0.29) is 5.91 Å². The zero-order valence-electron chi connectivity index (χ0n) is 15.8. The lowest BCUT2D eigenvalue weighted by atomic mass is 10.1. The second-order valence-electron chi connectivity index (χ2n) is 6.01. The minimum atomic E-state index is -0.0392. The molecule has 1 amide bonds. The molecule has 0 atom stereocenters. The van der Waals surface area contributed by atoms with Crippen molar-refractivity contribution in [2.45, 2.75) is 65.2 Å². The van der Waals surface area contributed by atoms with Gasteiger partial charge >= 0.3 is 0 Å². The summed E-state index contributed by atoms with van der Waals surface area (Å²) in [5, 5.41) is 4.01. The minimum Gasteiger partial charge on any atom is -0.493 e. The van der Waals surface area contributed by atoms with Crippen LogP contribution >= 0.6 is 0 Å². The number of ether oxygens (including phenoxy) is 2. The van der Waals surface area contributed by atoms with Crippen LogP contribution in [0.4, 0.5) is 0 Å². The molecule has 140 valence electrons. The number of carbonyl (C=O) groups is 1. The highest BCUT2D eigenvalue weighted by molar-refractivity contribution is 5.83. The first-order chi connectivity index (χ1) is 12.2. The standard InChI is InChI=1S/C20H32N2O3/c1-4-6-7-8-9-10-11-12-20(23)22-21-16-17-13-14-18(25-5-2)19(15-17)24-3/h13-16H,4-12H2,1-3H3,(H,22,23)/b21-16+. The summed E-state index contributed by atoms with van der Waals surface area (Å²) in [4.78, 5) is 11.8. The Bertz CT molecular complexity index is 530. The van der Waals surface area contributed by atoms with E-state index < -0.39 is 0 Å². The number of carbonyl (C=O) groups excluding carboxylic acids is 1. The lowest BCUT2D eigenvalue weighted by Crippen LogP contribution is -2.16. The third kappa shape index (κ3) is 9.13. The van der Waals surface area contributed by atoms with Gasteiger partial charge in [0.25, 0.3) is 0 Å². The molecule has 5 nitrogen and oxygen atoms in total. The molecule has 0 aliphatic carbocycles. The number of methoxy groups -OCH3 is 1. The fourth-order valence-corrected chi connectivity index (χ4v) is 2.52. The molecular formula is C20H32N2O3. The highest BCUT2D eigenvalue weighted by atomic mass is 16.5. The number of unbranched alkanes of at least 4 members (excludes halogenated alkanes) is 6. The Morgan fingerprint density at radius 3 is 2.48 bits per heavy atom. The Kier molecular flexibility index (Phi) is 11.2. The highest BCUT2D eigenvalue weighted by Gasteiger charge is 2.04. The van der Waals surface area contributed by atoms with Crippen molar-refractivity contribution in [2.24, 2.45) is 5.10 Å². The van der Waals surface area contributed by atoms with Crippen molar-refractivity contribution in [2.75, 3.05) is 13.7 Å². The fraction of sp³-hybridized carbons (Fsp3) is 0.600. The Labute approximate surface area is 151 Å². The topological polar surface area (TPSA) is 59.9 Å². The van der Waals surface area contributed by atoms with E-state index in [0.717, 1.165) is 18.4 Å². The van der Waals surface area contributed by atoms with E-state index in [1.165, 1.54) is 32.1 Å². The van der Waals surface area contributed by atoms with Gasteiger partial charge in [0.15, 0.2) is 11.5 Å². The van der Waals surface area contributed by atoms with E-state index >= 15 is 0 Å². The smallest absolute Gasteiger partial charge is 0.240 e.